The van der Waals surface area contributed by atoms with Crippen LogP contribution >= 0.6 is 0 Å². The van der Waals surface area contributed by atoms with Crippen molar-refractivity contribution >= 4 is 0 Å². The van der Waals surface area contributed by atoms with Gasteiger partial charge in [-0.3, -0.25) is 0 Å². The Morgan fingerprint density at radius 2 is 2.06 bits per heavy atom. The van der Waals surface area contributed by atoms with Gasteiger partial charge in [-0.05, 0) is 18.7 Å². The van der Waals surface area contributed by atoms with Crippen LogP contribution in [-0.4, -0.2) is 36.1 Å². The maximum Gasteiger partial charge on any atom is 0.213 e. The molecule has 0 spiro atoms. The van der Waals surface area contributed by atoms with Gasteiger partial charge in [0.2, 0.25) is 5.88 Å². The van der Waals surface area contributed by atoms with Crippen molar-refractivity contribution in [3.05, 3.63) is 23.9 Å². The zero-order valence-corrected chi connectivity index (χ0v) is 10.1. The lowest BCUT2D eigenvalue weighted by Crippen LogP contribution is -2.28. The fourth-order valence-corrected chi connectivity index (χ4v) is 1.44. The molecule has 1 aromatic heterocycles. The van der Waals surface area contributed by atoms with Crippen LogP contribution in [0.25, 0.3) is 0 Å². The van der Waals surface area contributed by atoms with Crippen LogP contribution in [0.2, 0.25) is 0 Å². The van der Waals surface area contributed by atoms with Crippen molar-refractivity contribution < 1.29 is 4.74 Å². The van der Waals surface area contributed by atoms with Gasteiger partial charge in [0.15, 0.2) is 0 Å². The molecule has 0 unspecified atom stereocenters. The van der Waals surface area contributed by atoms with Gasteiger partial charge < -0.3 is 15.4 Å². The van der Waals surface area contributed by atoms with Gasteiger partial charge in [0.05, 0.1) is 0 Å². The molecular formula is C12H21N3O. The number of hydrogen-bond acceptors (Lipinski definition) is 4. The van der Waals surface area contributed by atoms with E-state index < -0.39 is 0 Å². The molecular weight excluding hydrogens is 202 g/mol. The number of ether oxygens (including phenoxy) is 1. The molecule has 90 valence electrons. The van der Waals surface area contributed by atoms with Crippen LogP contribution < -0.4 is 10.5 Å². The molecule has 0 saturated carbocycles. The van der Waals surface area contributed by atoms with Crippen LogP contribution in [0.3, 0.4) is 0 Å². The predicted molar refractivity (Wildman–Crippen MR) is 65.4 cm³/mol. The zero-order chi connectivity index (χ0) is 11.8. The van der Waals surface area contributed by atoms with E-state index in [4.69, 9.17) is 10.5 Å². The first-order valence-corrected chi connectivity index (χ1v) is 5.80. The first-order valence-electron chi connectivity index (χ1n) is 5.80. The van der Waals surface area contributed by atoms with Crippen molar-refractivity contribution in [3.8, 4) is 5.88 Å². The lowest BCUT2D eigenvalue weighted by molar-refractivity contribution is 0.218. The van der Waals surface area contributed by atoms with Crippen LogP contribution in [0.5, 0.6) is 5.88 Å². The van der Waals surface area contributed by atoms with E-state index in [9.17, 15) is 0 Å². The highest BCUT2D eigenvalue weighted by Gasteiger charge is 2.00. The molecule has 0 radical (unpaired) electrons. The SMILES string of the molecule is CCN(CC)CCOc1ccc(CN)cn1. The van der Waals surface area contributed by atoms with Crippen molar-refractivity contribution in [2.45, 2.75) is 20.4 Å². The van der Waals surface area contributed by atoms with E-state index in [1.165, 1.54) is 0 Å². The standard InChI is InChI=1S/C12H21N3O/c1-3-15(4-2)7-8-16-12-6-5-11(9-13)10-14-12/h5-6,10H,3-4,7-9,13H2,1-2H3. The molecule has 1 rings (SSSR count). The first kappa shape index (κ1) is 12.9. The molecule has 0 bridgehead atoms. The molecule has 0 aliphatic heterocycles. The van der Waals surface area contributed by atoms with E-state index in [1.54, 1.807) is 6.20 Å². The van der Waals surface area contributed by atoms with Gasteiger partial charge in [-0.1, -0.05) is 19.9 Å². The number of aromatic nitrogens is 1. The topological polar surface area (TPSA) is 51.4 Å². The second-order valence-electron chi connectivity index (χ2n) is 3.58. The minimum atomic E-state index is 0.521. The molecule has 4 nitrogen and oxygen atoms in total. The van der Waals surface area contributed by atoms with Gasteiger partial charge in [0, 0.05) is 25.4 Å². The van der Waals surface area contributed by atoms with E-state index in [-0.39, 0.29) is 0 Å². The van der Waals surface area contributed by atoms with Gasteiger partial charge in [-0.15, -0.1) is 0 Å². The van der Waals surface area contributed by atoms with E-state index in [1.807, 2.05) is 12.1 Å². The quantitative estimate of drug-likeness (QED) is 0.756. The maximum absolute atomic E-state index is 5.55. The average Bonchev–Trinajstić information content (AvgIpc) is 2.35. The number of hydrogen-bond donors (Lipinski definition) is 1. The van der Waals surface area contributed by atoms with E-state index in [0.717, 1.165) is 25.2 Å². The van der Waals surface area contributed by atoms with Crippen molar-refractivity contribution in [2.24, 2.45) is 5.73 Å². The highest BCUT2D eigenvalue weighted by atomic mass is 16.5. The number of rotatable bonds is 7. The molecule has 4 heteroatoms. The second kappa shape index (κ2) is 7.19. The van der Waals surface area contributed by atoms with Gasteiger partial charge in [0.25, 0.3) is 0 Å². The summed E-state index contributed by atoms with van der Waals surface area (Å²) in [4.78, 5) is 6.49. The minimum Gasteiger partial charge on any atom is -0.476 e. The summed E-state index contributed by atoms with van der Waals surface area (Å²) in [5.41, 5.74) is 6.51. The largest absolute Gasteiger partial charge is 0.476 e. The van der Waals surface area contributed by atoms with Crippen LogP contribution in [0.15, 0.2) is 18.3 Å². The molecule has 0 atom stereocenters. The Morgan fingerprint density at radius 1 is 1.31 bits per heavy atom. The lowest BCUT2D eigenvalue weighted by atomic mass is 10.3. The van der Waals surface area contributed by atoms with Crippen LogP contribution in [-0.2, 0) is 6.54 Å². The molecule has 0 fully saturated rings. The summed E-state index contributed by atoms with van der Waals surface area (Å²) >= 11 is 0. The molecule has 0 aliphatic carbocycles. The summed E-state index contributed by atoms with van der Waals surface area (Å²) in [7, 11) is 0. The van der Waals surface area contributed by atoms with Gasteiger partial charge in [-0.2, -0.15) is 0 Å². The fraction of sp³-hybridized carbons (Fsp3) is 0.583. The molecule has 1 heterocycles. The van der Waals surface area contributed by atoms with E-state index >= 15 is 0 Å². The van der Waals surface area contributed by atoms with Gasteiger partial charge in [-0.25, -0.2) is 4.98 Å². The molecule has 2 N–H and O–H groups in total. The Bertz CT molecular complexity index is 283. The van der Waals surface area contributed by atoms with Crippen LogP contribution in [0.4, 0.5) is 0 Å². The molecule has 0 amide bonds. The second-order valence-corrected chi connectivity index (χ2v) is 3.58. The summed E-state index contributed by atoms with van der Waals surface area (Å²) in [6, 6.07) is 3.81. The normalized spacial score (nSPS) is 10.8. The summed E-state index contributed by atoms with van der Waals surface area (Å²) in [5.74, 6) is 0.671. The summed E-state index contributed by atoms with van der Waals surface area (Å²) in [6.07, 6.45) is 1.76. The zero-order valence-electron chi connectivity index (χ0n) is 10.1. The Labute approximate surface area is 97.4 Å². The smallest absolute Gasteiger partial charge is 0.213 e. The molecule has 1 aromatic rings. The third-order valence-electron chi connectivity index (χ3n) is 2.59. The Kier molecular flexibility index (Phi) is 5.82. The number of pyridine rings is 1. The molecule has 0 aromatic carbocycles. The fourth-order valence-electron chi connectivity index (χ4n) is 1.44. The monoisotopic (exact) mass is 223 g/mol. The third-order valence-corrected chi connectivity index (χ3v) is 2.59. The first-order chi connectivity index (χ1) is 7.80. The number of likely N-dealkylation sites (N-methyl/N-ethyl adjacent to an activating group) is 1. The van der Waals surface area contributed by atoms with Crippen LogP contribution in [0, 0.1) is 0 Å². The van der Waals surface area contributed by atoms with Gasteiger partial charge >= 0.3 is 0 Å². The van der Waals surface area contributed by atoms with Gasteiger partial charge in [0.1, 0.15) is 6.61 Å². The van der Waals surface area contributed by atoms with Crippen LogP contribution in [0.1, 0.15) is 19.4 Å². The van der Waals surface area contributed by atoms with E-state index in [0.29, 0.717) is 19.0 Å². The summed E-state index contributed by atoms with van der Waals surface area (Å²) < 4.78 is 5.55. The third kappa shape index (κ3) is 4.16. The van der Waals surface area contributed by atoms with Crippen molar-refractivity contribution in [1.82, 2.24) is 9.88 Å². The number of nitrogens with zero attached hydrogens (tertiary/aromatic N) is 2. The van der Waals surface area contributed by atoms with Crippen molar-refractivity contribution in [1.29, 1.82) is 0 Å². The highest BCUT2D eigenvalue weighted by molar-refractivity contribution is 5.17. The Balaban J connectivity index is 2.31. The minimum absolute atomic E-state index is 0.521. The lowest BCUT2D eigenvalue weighted by Gasteiger charge is -2.17. The molecule has 16 heavy (non-hydrogen) atoms. The molecule has 0 saturated heterocycles. The number of nitrogens with two attached hydrogens (primary N) is 1. The maximum atomic E-state index is 5.55. The summed E-state index contributed by atoms with van der Waals surface area (Å²) in [6.45, 7) is 8.55. The molecule has 0 aliphatic rings. The predicted octanol–water partition coefficient (Wildman–Crippen LogP) is 1.26. The highest BCUT2D eigenvalue weighted by Crippen LogP contribution is 2.06. The van der Waals surface area contributed by atoms with E-state index in [2.05, 4.69) is 23.7 Å². The Hall–Kier alpha value is -1.13. The van der Waals surface area contributed by atoms with Crippen molar-refractivity contribution in [2.75, 3.05) is 26.2 Å². The average molecular weight is 223 g/mol. The Morgan fingerprint density at radius 3 is 2.56 bits per heavy atom. The van der Waals surface area contributed by atoms with Crippen molar-refractivity contribution in [3.63, 3.8) is 0 Å². The summed E-state index contributed by atoms with van der Waals surface area (Å²) in [5, 5.41) is 0.